The van der Waals surface area contributed by atoms with Gasteiger partial charge in [0, 0.05) is 12.6 Å². The monoisotopic (exact) mass is 378 g/mol. The molecule has 2 N–H and O–H groups in total. The van der Waals surface area contributed by atoms with E-state index >= 15 is 0 Å². The van der Waals surface area contributed by atoms with Gasteiger partial charge in [-0.25, -0.2) is 13.1 Å². The first kappa shape index (κ1) is 18.9. The first-order valence-electron chi connectivity index (χ1n) is 8.81. The summed E-state index contributed by atoms with van der Waals surface area (Å²) in [5.74, 6) is 0.774. The summed E-state index contributed by atoms with van der Waals surface area (Å²) in [7, 11) is -1.99. The number of nitrogens with one attached hydrogen (secondary N) is 2. The van der Waals surface area contributed by atoms with Gasteiger partial charge >= 0.3 is 0 Å². The van der Waals surface area contributed by atoms with E-state index < -0.39 is 10.0 Å². The maximum atomic E-state index is 12.8. The van der Waals surface area contributed by atoms with Crippen LogP contribution in [0, 0.1) is 13.8 Å². The number of aromatic amines is 1. The number of aromatic nitrogens is 2. The minimum absolute atomic E-state index is 0.0325. The number of hydrogen-bond donors (Lipinski definition) is 2. The van der Waals surface area contributed by atoms with E-state index in [-0.39, 0.29) is 10.9 Å². The number of aryl methyl sites for hydroxylation is 2. The molecule has 0 radical (unpaired) electrons. The molecule has 1 aromatic heterocycles. The molecule has 1 unspecified atom stereocenters. The first-order valence-corrected chi connectivity index (χ1v) is 10.3. The van der Waals surface area contributed by atoms with Crippen molar-refractivity contribution in [2.45, 2.75) is 37.6 Å². The molecule has 0 saturated carbocycles. The first-order chi connectivity index (χ1) is 12.4. The third-order valence-corrected chi connectivity index (χ3v) is 6.54. The summed E-state index contributed by atoms with van der Waals surface area (Å²) >= 11 is 0. The van der Waals surface area contributed by atoms with Crippen molar-refractivity contribution in [2.75, 3.05) is 26.7 Å². The molecular weight excluding hydrogens is 352 g/mol. The highest BCUT2D eigenvalue weighted by atomic mass is 32.2. The third kappa shape index (κ3) is 3.92. The molecule has 1 saturated heterocycles. The standard InChI is InChI=1S/C18H26N4O3S/c1-13-18(14(2)21-20-13)26(23,24)19-12-17(22-9-4-5-10-22)15-7-6-8-16(11-15)25-3/h6-8,11,17,19H,4-5,9-10,12H2,1-3H3,(H,20,21). The Balaban J connectivity index is 1.84. The Labute approximate surface area is 154 Å². The fourth-order valence-electron chi connectivity index (χ4n) is 3.56. The van der Waals surface area contributed by atoms with Crippen LogP contribution in [0.5, 0.6) is 5.75 Å². The van der Waals surface area contributed by atoms with Crippen LogP contribution in [0.2, 0.25) is 0 Å². The second-order valence-electron chi connectivity index (χ2n) is 6.65. The Morgan fingerprint density at radius 3 is 2.65 bits per heavy atom. The van der Waals surface area contributed by atoms with Crippen molar-refractivity contribution in [3.05, 3.63) is 41.2 Å². The van der Waals surface area contributed by atoms with Gasteiger partial charge in [0.2, 0.25) is 10.0 Å². The van der Waals surface area contributed by atoms with Gasteiger partial charge in [-0.2, -0.15) is 5.10 Å². The topological polar surface area (TPSA) is 87.3 Å². The van der Waals surface area contributed by atoms with Gasteiger partial charge < -0.3 is 4.74 Å². The van der Waals surface area contributed by atoms with Crippen molar-refractivity contribution in [3.63, 3.8) is 0 Å². The second kappa shape index (κ2) is 7.77. The fourth-order valence-corrected chi connectivity index (χ4v) is 4.96. The van der Waals surface area contributed by atoms with Crippen LogP contribution in [-0.2, 0) is 10.0 Å². The molecule has 26 heavy (non-hydrogen) atoms. The van der Waals surface area contributed by atoms with Crippen molar-refractivity contribution in [2.24, 2.45) is 0 Å². The number of sulfonamides is 1. The minimum Gasteiger partial charge on any atom is -0.497 e. The number of rotatable bonds is 7. The number of likely N-dealkylation sites (tertiary alicyclic amines) is 1. The van der Waals surface area contributed by atoms with E-state index in [0.717, 1.165) is 37.2 Å². The number of hydrogen-bond acceptors (Lipinski definition) is 5. The molecular formula is C18H26N4O3S. The predicted molar refractivity (Wildman–Crippen MR) is 99.8 cm³/mol. The lowest BCUT2D eigenvalue weighted by atomic mass is 10.1. The van der Waals surface area contributed by atoms with Gasteiger partial charge in [-0.05, 0) is 57.5 Å². The lowest BCUT2D eigenvalue weighted by molar-refractivity contribution is 0.246. The zero-order valence-electron chi connectivity index (χ0n) is 15.4. The molecule has 0 bridgehead atoms. The van der Waals surface area contributed by atoms with Gasteiger partial charge in [0.15, 0.2) is 0 Å². The zero-order chi connectivity index (χ0) is 18.7. The highest BCUT2D eigenvalue weighted by Crippen LogP contribution is 2.28. The van der Waals surface area contributed by atoms with Crippen LogP contribution in [0.1, 0.15) is 35.8 Å². The maximum absolute atomic E-state index is 12.8. The van der Waals surface area contributed by atoms with E-state index in [1.807, 2.05) is 24.3 Å². The van der Waals surface area contributed by atoms with E-state index in [2.05, 4.69) is 19.8 Å². The number of benzene rings is 1. The molecule has 142 valence electrons. The van der Waals surface area contributed by atoms with Crippen LogP contribution >= 0.6 is 0 Å². The quantitative estimate of drug-likeness (QED) is 0.771. The molecule has 8 heteroatoms. The highest BCUT2D eigenvalue weighted by Gasteiger charge is 2.28. The van der Waals surface area contributed by atoms with Gasteiger partial charge in [0.25, 0.3) is 0 Å². The molecule has 1 aliphatic rings. The molecule has 2 aromatic rings. The maximum Gasteiger partial charge on any atom is 0.244 e. The largest absolute Gasteiger partial charge is 0.497 e. The van der Waals surface area contributed by atoms with Gasteiger partial charge in [-0.3, -0.25) is 10.00 Å². The number of H-pyrrole nitrogens is 1. The number of ether oxygens (including phenoxy) is 1. The smallest absolute Gasteiger partial charge is 0.244 e. The molecule has 0 aliphatic carbocycles. The molecule has 0 amide bonds. The Bertz CT molecular complexity index is 838. The van der Waals surface area contributed by atoms with Gasteiger partial charge in [0.05, 0.1) is 18.5 Å². The van der Waals surface area contributed by atoms with Gasteiger partial charge in [-0.1, -0.05) is 12.1 Å². The summed E-state index contributed by atoms with van der Waals surface area (Å²) in [4.78, 5) is 2.56. The van der Waals surface area contributed by atoms with E-state index in [1.54, 1.807) is 21.0 Å². The summed E-state index contributed by atoms with van der Waals surface area (Å²) in [6, 6.07) is 7.80. The van der Waals surface area contributed by atoms with Crippen LogP contribution in [0.4, 0.5) is 0 Å². The van der Waals surface area contributed by atoms with E-state index in [9.17, 15) is 8.42 Å². The molecule has 0 spiro atoms. The Morgan fingerprint density at radius 1 is 1.31 bits per heavy atom. The Hall–Kier alpha value is -1.90. The van der Waals surface area contributed by atoms with Gasteiger partial charge in [-0.15, -0.1) is 0 Å². The molecule has 1 atom stereocenters. The van der Waals surface area contributed by atoms with E-state index in [1.165, 1.54) is 0 Å². The normalized spacial score (nSPS) is 16.7. The van der Waals surface area contributed by atoms with Crippen LogP contribution in [-0.4, -0.2) is 50.3 Å². The minimum atomic E-state index is -3.63. The van der Waals surface area contributed by atoms with Crippen molar-refractivity contribution in [1.82, 2.24) is 19.8 Å². The van der Waals surface area contributed by atoms with E-state index in [4.69, 9.17) is 4.74 Å². The molecule has 1 aromatic carbocycles. The summed E-state index contributed by atoms with van der Waals surface area (Å²) in [5.41, 5.74) is 2.08. The molecule has 2 heterocycles. The SMILES string of the molecule is COc1cccc(C(CNS(=O)(=O)c2c(C)n[nH]c2C)N2CCCC2)c1. The number of nitrogens with zero attached hydrogens (tertiary/aromatic N) is 2. The lowest BCUT2D eigenvalue weighted by Crippen LogP contribution is -2.37. The predicted octanol–water partition coefficient (Wildman–Crippen LogP) is 2.15. The Morgan fingerprint density at radius 2 is 2.04 bits per heavy atom. The van der Waals surface area contributed by atoms with Crippen LogP contribution in [0.25, 0.3) is 0 Å². The summed E-state index contributed by atoms with van der Waals surface area (Å²) in [5, 5.41) is 6.73. The van der Waals surface area contributed by atoms with Crippen molar-refractivity contribution >= 4 is 10.0 Å². The van der Waals surface area contributed by atoms with Crippen molar-refractivity contribution < 1.29 is 13.2 Å². The molecule has 1 fully saturated rings. The second-order valence-corrected chi connectivity index (χ2v) is 8.35. The molecule has 7 nitrogen and oxygen atoms in total. The average Bonchev–Trinajstić information content (AvgIpc) is 3.25. The fraction of sp³-hybridized carbons (Fsp3) is 0.500. The third-order valence-electron chi connectivity index (χ3n) is 4.86. The van der Waals surface area contributed by atoms with Crippen LogP contribution < -0.4 is 9.46 Å². The summed E-state index contributed by atoms with van der Waals surface area (Å²) in [6.07, 6.45) is 2.26. The average molecular weight is 378 g/mol. The Kier molecular flexibility index (Phi) is 5.64. The zero-order valence-corrected chi connectivity index (χ0v) is 16.3. The highest BCUT2D eigenvalue weighted by molar-refractivity contribution is 7.89. The van der Waals surface area contributed by atoms with Crippen molar-refractivity contribution in [3.8, 4) is 5.75 Å². The van der Waals surface area contributed by atoms with Gasteiger partial charge in [0.1, 0.15) is 10.6 Å². The van der Waals surface area contributed by atoms with Crippen molar-refractivity contribution in [1.29, 1.82) is 0 Å². The van der Waals surface area contributed by atoms with E-state index in [0.29, 0.717) is 17.9 Å². The van der Waals surface area contributed by atoms with Crippen LogP contribution in [0.3, 0.4) is 0 Å². The molecule has 3 rings (SSSR count). The molecule has 1 aliphatic heterocycles. The summed E-state index contributed by atoms with van der Waals surface area (Å²) < 4.78 is 33.7. The number of methoxy groups -OCH3 is 1. The van der Waals surface area contributed by atoms with Crippen LogP contribution in [0.15, 0.2) is 29.2 Å². The summed E-state index contributed by atoms with van der Waals surface area (Å²) in [6.45, 7) is 5.65. The lowest BCUT2D eigenvalue weighted by Gasteiger charge is -2.28.